The van der Waals surface area contributed by atoms with Crippen molar-refractivity contribution in [2.24, 2.45) is 0 Å². The van der Waals surface area contributed by atoms with Gasteiger partial charge in [-0.15, -0.1) is 12.2 Å². The molecule has 0 fully saturated rings. The molecular formula is C19H13N. The molecule has 0 bridgehead atoms. The molecule has 0 amide bonds. The van der Waals surface area contributed by atoms with E-state index in [1.807, 2.05) is 79.3 Å². The molecule has 0 saturated heterocycles. The summed E-state index contributed by atoms with van der Waals surface area (Å²) < 4.78 is 0. The summed E-state index contributed by atoms with van der Waals surface area (Å²) >= 11 is 0. The van der Waals surface area contributed by atoms with E-state index < -0.39 is 0 Å². The van der Waals surface area contributed by atoms with Gasteiger partial charge in [-0.2, -0.15) is 0 Å². The Morgan fingerprint density at radius 3 is 2.60 bits per heavy atom. The minimum atomic E-state index is 0.817. The average molecular weight is 255 g/mol. The molecule has 3 rings (SSSR count). The minimum Gasteiger partial charge on any atom is -0.649 e. The van der Waals surface area contributed by atoms with E-state index in [4.69, 9.17) is 0 Å². The number of hydrogen-bond acceptors (Lipinski definition) is 0. The van der Waals surface area contributed by atoms with Crippen LogP contribution >= 0.6 is 0 Å². The first-order chi connectivity index (χ1) is 9.90. The maximum atomic E-state index is 4.54. The van der Waals surface area contributed by atoms with Crippen LogP contribution in [0.2, 0.25) is 0 Å². The van der Waals surface area contributed by atoms with Crippen molar-refractivity contribution < 1.29 is 0 Å². The summed E-state index contributed by atoms with van der Waals surface area (Å²) in [5.41, 5.74) is 3.68. The van der Waals surface area contributed by atoms with Crippen molar-refractivity contribution >= 4 is 0 Å². The van der Waals surface area contributed by atoms with Gasteiger partial charge in [-0.3, -0.25) is 0 Å². The first kappa shape index (κ1) is 12.3. The van der Waals surface area contributed by atoms with Crippen LogP contribution in [0.5, 0.6) is 0 Å². The standard InChI is InChI=1S/C19H13N/c1-3-8-16(9-4-1)14-18-12-7-13-19(20-18)15-17-10-5-2-6-11-17/h1-13H. The fourth-order valence-electron chi connectivity index (χ4n) is 1.91. The molecule has 94 valence electrons. The highest BCUT2D eigenvalue weighted by Crippen LogP contribution is 2.24. The molecule has 1 heteroatoms. The van der Waals surface area contributed by atoms with Gasteiger partial charge in [-0.1, -0.05) is 6.08 Å². The number of rotatable bonds is 2. The van der Waals surface area contributed by atoms with E-state index >= 15 is 0 Å². The highest BCUT2D eigenvalue weighted by molar-refractivity contribution is 5.52. The van der Waals surface area contributed by atoms with E-state index in [1.165, 1.54) is 0 Å². The molecule has 0 spiro atoms. The molecule has 0 unspecified atom stereocenters. The number of hydrogen-bond donors (Lipinski definition) is 0. The summed E-state index contributed by atoms with van der Waals surface area (Å²) in [6, 6.07) is 10.0. The zero-order valence-corrected chi connectivity index (χ0v) is 11.0. The summed E-state index contributed by atoms with van der Waals surface area (Å²) in [7, 11) is 0. The summed E-state index contributed by atoms with van der Waals surface area (Å²) in [5, 5.41) is 4.54. The van der Waals surface area contributed by atoms with E-state index in [2.05, 4.69) is 17.5 Å². The predicted octanol–water partition coefficient (Wildman–Crippen LogP) is 4.61. The molecule has 1 aliphatic heterocycles. The van der Waals surface area contributed by atoms with Crippen molar-refractivity contribution in [3.8, 4) is 0 Å². The lowest BCUT2D eigenvalue weighted by atomic mass is 10.1. The topological polar surface area (TPSA) is 14.1 Å². The monoisotopic (exact) mass is 255 g/mol. The maximum absolute atomic E-state index is 4.54. The van der Waals surface area contributed by atoms with Crippen LogP contribution in [0.4, 0.5) is 0 Å². The Morgan fingerprint density at radius 2 is 1.80 bits per heavy atom. The van der Waals surface area contributed by atoms with Crippen LogP contribution in [0.25, 0.3) is 5.32 Å². The number of benzene rings is 1. The third-order valence-corrected chi connectivity index (χ3v) is 2.84. The van der Waals surface area contributed by atoms with Gasteiger partial charge in [0.2, 0.25) is 0 Å². The molecule has 1 aliphatic carbocycles. The third-order valence-electron chi connectivity index (χ3n) is 2.84. The van der Waals surface area contributed by atoms with Crippen LogP contribution in [0.1, 0.15) is 5.56 Å². The molecule has 2 aliphatic rings. The van der Waals surface area contributed by atoms with Crippen molar-refractivity contribution in [1.29, 1.82) is 0 Å². The van der Waals surface area contributed by atoms with Crippen molar-refractivity contribution in [1.82, 2.24) is 0 Å². The lowest BCUT2D eigenvalue weighted by Crippen LogP contribution is -1.90. The molecule has 1 heterocycles. The second kappa shape index (κ2) is 5.92. The highest BCUT2D eigenvalue weighted by Gasteiger charge is 1.99. The largest absolute Gasteiger partial charge is 0.649 e. The van der Waals surface area contributed by atoms with Gasteiger partial charge in [-0.05, 0) is 24.3 Å². The van der Waals surface area contributed by atoms with Crippen LogP contribution in [-0.4, -0.2) is 0 Å². The first-order valence-corrected chi connectivity index (χ1v) is 6.51. The smallest absolute Gasteiger partial charge is 0.145 e. The van der Waals surface area contributed by atoms with Crippen molar-refractivity contribution in [2.45, 2.75) is 0 Å². The second-order valence-electron chi connectivity index (χ2n) is 4.39. The van der Waals surface area contributed by atoms with E-state index in [0.717, 1.165) is 22.5 Å². The van der Waals surface area contributed by atoms with Gasteiger partial charge in [0.25, 0.3) is 0 Å². The van der Waals surface area contributed by atoms with Crippen LogP contribution in [0.15, 0.2) is 89.8 Å². The van der Waals surface area contributed by atoms with Gasteiger partial charge in [0.15, 0.2) is 0 Å². The molecule has 20 heavy (non-hydrogen) atoms. The van der Waals surface area contributed by atoms with Gasteiger partial charge in [0.05, 0.1) is 0 Å². The fraction of sp³-hybridized carbons (Fsp3) is 0. The molecule has 1 aromatic carbocycles. The number of nitrogens with zero attached hydrogens (tertiary/aromatic N) is 1. The Balaban J connectivity index is 1.77. The zero-order valence-electron chi connectivity index (χ0n) is 11.0. The maximum Gasteiger partial charge on any atom is 0.145 e. The average Bonchev–Trinajstić information content (AvgIpc) is 2.50. The quantitative estimate of drug-likeness (QED) is 0.685. The SMILES string of the molecule is [C+](=C1C=CC=C([C-]=C2C=C[CH+]C=C2)[N-]1)c1ccccc1. The Morgan fingerprint density at radius 1 is 1.00 bits per heavy atom. The Labute approximate surface area is 120 Å². The van der Waals surface area contributed by atoms with Gasteiger partial charge >= 0.3 is 0 Å². The highest BCUT2D eigenvalue weighted by atomic mass is 14.9. The molecule has 0 radical (unpaired) electrons. The predicted molar refractivity (Wildman–Crippen MR) is 82.2 cm³/mol. The fourth-order valence-corrected chi connectivity index (χ4v) is 1.91. The zero-order chi connectivity index (χ0) is 13.6. The van der Waals surface area contributed by atoms with E-state index in [1.54, 1.807) is 0 Å². The van der Waals surface area contributed by atoms with Crippen LogP contribution in [0.3, 0.4) is 0 Å². The first-order valence-electron chi connectivity index (χ1n) is 6.51. The molecule has 0 atom stereocenters. The summed E-state index contributed by atoms with van der Waals surface area (Å²) in [6.45, 7) is 0. The van der Waals surface area contributed by atoms with Crippen molar-refractivity contribution in [3.63, 3.8) is 0 Å². The van der Waals surface area contributed by atoms with Crippen LogP contribution < -0.4 is 0 Å². The lowest BCUT2D eigenvalue weighted by Gasteiger charge is -2.27. The van der Waals surface area contributed by atoms with Crippen molar-refractivity contribution in [2.75, 3.05) is 0 Å². The molecule has 0 aromatic heterocycles. The molecule has 1 aromatic rings. The van der Waals surface area contributed by atoms with Crippen LogP contribution in [0, 0.1) is 18.6 Å². The minimum absolute atomic E-state index is 0.817. The summed E-state index contributed by atoms with van der Waals surface area (Å²) in [4.78, 5) is 0. The normalized spacial score (nSPS) is 18.1. The van der Waals surface area contributed by atoms with Gasteiger partial charge in [0, 0.05) is 60.2 Å². The van der Waals surface area contributed by atoms with Gasteiger partial charge in [0.1, 0.15) is 5.56 Å². The van der Waals surface area contributed by atoms with Crippen molar-refractivity contribution in [3.05, 3.63) is 119 Å². The summed E-state index contributed by atoms with van der Waals surface area (Å²) in [6.07, 6.45) is 22.4. The Bertz CT molecular complexity index is 638. The Kier molecular flexibility index (Phi) is 3.64. The molecule has 1 nitrogen and oxygen atoms in total. The van der Waals surface area contributed by atoms with Crippen LogP contribution in [-0.2, 0) is 0 Å². The second-order valence-corrected chi connectivity index (χ2v) is 4.39. The molecule has 0 N–H and O–H groups in total. The van der Waals surface area contributed by atoms with Gasteiger partial charge < -0.3 is 5.32 Å². The Hall–Kier alpha value is -2.76. The molecule has 0 saturated carbocycles. The third kappa shape index (κ3) is 3.17. The van der Waals surface area contributed by atoms with E-state index in [0.29, 0.717) is 0 Å². The molecular weight excluding hydrogens is 242 g/mol. The van der Waals surface area contributed by atoms with E-state index in [-0.39, 0.29) is 0 Å². The van der Waals surface area contributed by atoms with E-state index in [9.17, 15) is 0 Å². The van der Waals surface area contributed by atoms with Gasteiger partial charge in [-0.25, -0.2) is 5.70 Å². The lowest BCUT2D eigenvalue weighted by molar-refractivity contribution is 1.38. The number of allylic oxidation sites excluding steroid dienone is 9. The summed E-state index contributed by atoms with van der Waals surface area (Å²) in [5.74, 6) is 0.